The number of benzene rings is 1. The molecule has 1 aromatic rings. The summed E-state index contributed by atoms with van der Waals surface area (Å²) in [6.45, 7) is 5.22. The SMILES string of the molecule is CO[C@@H]1C[C@]2(C(C)(C)O)C(=C1C)[C@@H](O)[C@H](O)[C@@]1(C)[C@H]([C@@H]2O)[C@](O)(COC(=O)c2ccccc2)[C@@H](O)C[C@@H]1O. The Labute approximate surface area is 222 Å². The third-order valence-electron chi connectivity index (χ3n) is 9.72. The van der Waals surface area contributed by atoms with Gasteiger partial charge in [0.25, 0.3) is 0 Å². The summed E-state index contributed by atoms with van der Waals surface area (Å²) in [5.41, 5.74) is -6.66. The summed E-state index contributed by atoms with van der Waals surface area (Å²) in [7, 11) is 1.45. The van der Waals surface area contributed by atoms with Gasteiger partial charge in [-0.25, -0.2) is 4.79 Å². The van der Waals surface area contributed by atoms with Crippen LogP contribution in [0.3, 0.4) is 0 Å². The predicted molar refractivity (Wildman–Crippen MR) is 135 cm³/mol. The first-order chi connectivity index (χ1) is 17.6. The lowest BCUT2D eigenvalue weighted by molar-refractivity contribution is -0.285. The van der Waals surface area contributed by atoms with Crippen molar-refractivity contribution in [2.24, 2.45) is 16.7 Å². The van der Waals surface area contributed by atoms with E-state index in [1.165, 1.54) is 40.0 Å². The molecule has 0 radical (unpaired) electrons. The number of rotatable bonds is 5. The van der Waals surface area contributed by atoms with Gasteiger partial charge >= 0.3 is 5.97 Å². The molecule has 2 fully saturated rings. The van der Waals surface area contributed by atoms with Crippen molar-refractivity contribution >= 4 is 5.97 Å². The van der Waals surface area contributed by atoms with Crippen LogP contribution in [-0.2, 0) is 9.47 Å². The lowest BCUT2D eigenvalue weighted by Crippen LogP contribution is -2.72. The lowest BCUT2D eigenvalue weighted by Gasteiger charge is -2.59. The second-order valence-electron chi connectivity index (χ2n) is 11.9. The molecule has 0 heterocycles. The van der Waals surface area contributed by atoms with Crippen LogP contribution in [0.1, 0.15) is 50.9 Å². The standard InChI is InChI=1S/C28H40O10/c1-14-16(37-5)12-27(25(2,3)35)19(14)20(31)22(32)26(4)17(29)11-18(30)28(36,21(26)23(27)33)13-38-24(34)15-9-7-6-8-10-15/h6-10,16-18,20-23,29-33,35-36H,11-13H2,1-5H3/t16-,17+,18+,20-,21+,22+,23+,26-,27+,28+/m1/s1. The minimum absolute atomic E-state index is 0.00222. The molecule has 0 bridgehead atoms. The van der Waals surface area contributed by atoms with Crippen molar-refractivity contribution in [3.05, 3.63) is 47.0 Å². The average molecular weight is 537 g/mol. The van der Waals surface area contributed by atoms with Gasteiger partial charge in [0, 0.05) is 24.9 Å². The minimum Gasteiger partial charge on any atom is -0.459 e. The van der Waals surface area contributed by atoms with Crippen LogP contribution in [-0.4, -0.2) is 103 Å². The Morgan fingerprint density at radius 2 is 1.66 bits per heavy atom. The van der Waals surface area contributed by atoms with Crippen molar-refractivity contribution in [3.63, 3.8) is 0 Å². The molecule has 7 N–H and O–H groups in total. The largest absolute Gasteiger partial charge is 0.459 e. The minimum atomic E-state index is -2.37. The predicted octanol–water partition coefficient (Wildman–Crippen LogP) is -0.0887. The summed E-state index contributed by atoms with van der Waals surface area (Å²) in [5.74, 6) is -2.34. The zero-order valence-corrected chi connectivity index (χ0v) is 22.4. The maximum absolute atomic E-state index is 12.8. The van der Waals surface area contributed by atoms with Gasteiger partial charge in [0.1, 0.15) is 18.3 Å². The summed E-state index contributed by atoms with van der Waals surface area (Å²) in [5, 5.41) is 81.3. The molecule has 10 nitrogen and oxygen atoms in total. The van der Waals surface area contributed by atoms with Crippen LogP contribution in [0.5, 0.6) is 0 Å². The first-order valence-electron chi connectivity index (χ1n) is 12.9. The maximum Gasteiger partial charge on any atom is 0.338 e. The number of methoxy groups -OCH3 is 1. The monoisotopic (exact) mass is 536 g/mol. The summed E-state index contributed by atoms with van der Waals surface area (Å²) in [4.78, 5) is 12.8. The molecule has 38 heavy (non-hydrogen) atoms. The van der Waals surface area contributed by atoms with Gasteiger partial charge in [0.2, 0.25) is 0 Å². The fourth-order valence-electron chi connectivity index (χ4n) is 7.48. The molecule has 0 amide bonds. The zero-order valence-electron chi connectivity index (χ0n) is 22.4. The number of esters is 1. The molecule has 0 aliphatic heterocycles. The number of aliphatic hydroxyl groups excluding tert-OH is 5. The lowest BCUT2D eigenvalue weighted by atomic mass is 9.51. The fourth-order valence-corrected chi connectivity index (χ4v) is 7.48. The molecule has 212 valence electrons. The van der Waals surface area contributed by atoms with Gasteiger partial charge in [-0.2, -0.15) is 0 Å². The van der Waals surface area contributed by atoms with E-state index in [9.17, 15) is 40.5 Å². The Balaban J connectivity index is 1.89. The molecule has 2 saturated carbocycles. The van der Waals surface area contributed by atoms with E-state index in [1.807, 2.05) is 0 Å². The van der Waals surface area contributed by atoms with Gasteiger partial charge in [-0.05, 0) is 50.5 Å². The number of ether oxygens (including phenoxy) is 2. The normalized spacial score (nSPS) is 43.3. The first-order valence-corrected chi connectivity index (χ1v) is 12.9. The van der Waals surface area contributed by atoms with Crippen molar-refractivity contribution in [3.8, 4) is 0 Å². The summed E-state index contributed by atoms with van der Waals surface area (Å²) in [6, 6.07) is 8.03. The van der Waals surface area contributed by atoms with Gasteiger partial charge in [0.15, 0.2) is 0 Å². The Morgan fingerprint density at radius 3 is 2.21 bits per heavy atom. The molecule has 3 aliphatic carbocycles. The number of hydrogen-bond acceptors (Lipinski definition) is 10. The molecule has 10 heteroatoms. The Bertz CT molecular complexity index is 1080. The molecular formula is C28H40O10. The molecule has 4 rings (SSSR count). The molecular weight excluding hydrogens is 496 g/mol. The van der Waals surface area contributed by atoms with Crippen LogP contribution in [0.25, 0.3) is 0 Å². The van der Waals surface area contributed by atoms with E-state index in [4.69, 9.17) is 9.47 Å². The van der Waals surface area contributed by atoms with Crippen LogP contribution >= 0.6 is 0 Å². The van der Waals surface area contributed by atoms with Gasteiger partial charge in [-0.3, -0.25) is 0 Å². The van der Waals surface area contributed by atoms with Gasteiger partial charge in [-0.1, -0.05) is 25.1 Å². The molecule has 1 aromatic carbocycles. The van der Waals surface area contributed by atoms with Crippen LogP contribution in [0, 0.1) is 16.7 Å². The van der Waals surface area contributed by atoms with E-state index in [0.717, 1.165) is 0 Å². The zero-order chi connectivity index (χ0) is 28.4. The third-order valence-corrected chi connectivity index (χ3v) is 9.72. The van der Waals surface area contributed by atoms with Crippen molar-refractivity contribution in [2.45, 2.75) is 88.4 Å². The summed E-state index contributed by atoms with van der Waals surface area (Å²) < 4.78 is 11.0. The number of carbonyl (C=O) groups is 1. The molecule has 10 atom stereocenters. The van der Waals surface area contributed by atoms with Gasteiger partial charge in [-0.15, -0.1) is 0 Å². The van der Waals surface area contributed by atoms with Crippen molar-refractivity contribution in [1.29, 1.82) is 0 Å². The van der Waals surface area contributed by atoms with E-state index in [-0.39, 0.29) is 17.6 Å². The second kappa shape index (κ2) is 9.64. The summed E-state index contributed by atoms with van der Waals surface area (Å²) in [6.07, 6.45) is -9.30. The molecule has 0 saturated heterocycles. The van der Waals surface area contributed by atoms with Gasteiger partial charge < -0.3 is 45.2 Å². The Morgan fingerprint density at radius 1 is 1.05 bits per heavy atom. The maximum atomic E-state index is 12.8. The third kappa shape index (κ3) is 3.88. The fraction of sp³-hybridized carbons (Fsp3) is 0.679. The van der Waals surface area contributed by atoms with Gasteiger partial charge in [0.05, 0.1) is 47.1 Å². The quantitative estimate of drug-likeness (QED) is 0.199. The number of hydrogen-bond donors (Lipinski definition) is 7. The van der Waals surface area contributed by atoms with Crippen LogP contribution in [0.15, 0.2) is 41.5 Å². The van der Waals surface area contributed by atoms with E-state index < -0.39 is 83.6 Å². The molecule has 0 spiro atoms. The van der Waals surface area contributed by atoms with Crippen LogP contribution in [0.2, 0.25) is 0 Å². The number of fused-ring (bicyclic) bond motifs is 2. The van der Waals surface area contributed by atoms with Crippen LogP contribution in [0.4, 0.5) is 0 Å². The molecule has 0 aromatic heterocycles. The first kappa shape index (κ1) is 29.1. The number of aliphatic hydroxyl groups is 7. The number of carbonyl (C=O) groups excluding carboxylic acids is 1. The van der Waals surface area contributed by atoms with Crippen LogP contribution < -0.4 is 0 Å². The van der Waals surface area contributed by atoms with Crippen molar-refractivity contribution in [1.82, 2.24) is 0 Å². The second-order valence-corrected chi connectivity index (χ2v) is 11.9. The average Bonchev–Trinajstić information content (AvgIpc) is 3.16. The van der Waals surface area contributed by atoms with E-state index in [2.05, 4.69) is 0 Å². The van der Waals surface area contributed by atoms with E-state index in [0.29, 0.717) is 5.57 Å². The highest BCUT2D eigenvalue weighted by atomic mass is 16.5. The van der Waals surface area contributed by atoms with Crippen molar-refractivity contribution in [2.75, 3.05) is 13.7 Å². The highest BCUT2D eigenvalue weighted by Gasteiger charge is 2.74. The highest BCUT2D eigenvalue weighted by molar-refractivity contribution is 5.89. The van der Waals surface area contributed by atoms with Crippen molar-refractivity contribution < 1.29 is 50.0 Å². The smallest absolute Gasteiger partial charge is 0.338 e. The highest BCUT2D eigenvalue weighted by Crippen LogP contribution is 2.64. The Hall–Kier alpha value is -1.89. The molecule has 0 unspecified atom stereocenters. The van der Waals surface area contributed by atoms with E-state index >= 15 is 0 Å². The Kier molecular flexibility index (Phi) is 7.38. The molecule has 3 aliphatic rings. The summed E-state index contributed by atoms with van der Waals surface area (Å²) >= 11 is 0. The topological polar surface area (TPSA) is 177 Å². The van der Waals surface area contributed by atoms with E-state index in [1.54, 1.807) is 25.1 Å².